The normalized spacial score (nSPS) is 35.4. The van der Waals surface area contributed by atoms with Gasteiger partial charge in [0.1, 0.15) is 5.60 Å². The topological polar surface area (TPSA) is 29.5 Å². The molecule has 3 nitrogen and oxygen atoms in total. The van der Waals surface area contributed by atoms with Crippen LogP contribution in [-0.4, -0.2) is 35.6 Å². The van der Waals surface area contributed by atoms with Gasteiger partial charge in [-0.15, -0.1) is 0 Å². The maximum absolute atomic E-state index is 11.6. The number of morpholine rings is 1. The number of carbonyl (C=O) groups excluding carboxylic acids is 1. The van der Waals surface area contributed by atoms with Gasteiger partial charge in [0.25, 0.3) is 5.91 Å². The quantitative estimate of drug-likeness (QED) is 0.545. The van der Waals surface area contributed by atoms with Crippen LogP contribution in [0, 0.1) is 0 Å². The molecule has 1 fully saturated rings. The second-order valence-electron chi connectivity index (χ2n) is 3.99. The second-order valence-corrected chi connectivity index (χ2v) is 3.99. The van der Waals surface area contributed by atoms with Crippen molar-refractivity contribution in [3.05, 3.63) is 0 Å². The lowest BCUT2D eigenvalue weighted by molar-refractivity contribution is -0.183. The highest BCUT2D eigenvalue weighted by Crippen LogP contribution is 2.25. The Balaban J connectivity index is 2.85. The number of amides is 1. The van der Waals surface area contributed by atoms with Crippen LogP contribution in [0.15, 0.2) is 0 Å². The van der Waals surface area contributed by atoms with E-state index in [9.17, 15) is 4.79 Å². The Labute approximate surface area is 73.7 Å². The molecule has 0 aliphatic carbocycles. The standard InChI is InChI=1S/C9H17NO2/c1-6-7(2)12-9(3,4)8(11)10(6)5/h6-7H,1-5H3/t6-,7+/m1/s1. The molecule has 0 N–H and O–H groups in total. The predicted molar refractivity (Wildman–Crippen MR) is 46.9 cm³/mol. The molecule has 2 atom stereocenters. The molecule has 0 spiro atoms. The molecule has 1 amide bonds. The third-order valence-electron chi connectivity index (χ3n) is 2.61. The Morgan fingerprint density at radius 2 is 1.92 bits per heavy atom. The zero-order valence-corrected chi connectivity index (χ0v) is 8.42. The predicted octanol–water partition coefficient (Wildman–Crippen LogP) is 1.03. The highest BCUT2D eigenvalue weighted by Gasteiger charge is 2.41. The van der Waals surface area contributed by atoms with Gasteiger partial charge in [-0.25, -0.2) is 0 Å². The summed E-state index contributed by atoms with van der Waals surface area (Å²) in [4.78, 5) is 13.4. The summed E-state index contributed by atoms with van der Waals surface area (Å²) in [5.74, 6) is 0.0631. The minimum absolute atomic E-state index is 0.0631. The van der Waals surface area contributed by atoms with E-state index < -0.39 is 5.60 Å². The number of ether oxygens (including phenoxy) is 1. The zero-order valence-electron chi connectivity index (χ0n) is 8.42. The van der Waals surface area contributed by atoms with Gasteiger partial charge in [-0.05, 0) is 27.7 Å². The van der Waals surface area contributed by atoms with Crippen molar-refractivity contribution in [3.63, 3.8) is 0 Å². The number of hydrogen-bond acceptors (Lipinski definition) is 2. The Morgan fingerprint density at radius 1 is 1.42 bits per heavy atom. The van der Waals surface area contributed by atoms with Gasteiger partial charge in [0.05, 0.1) is 12.1 Å². The van der Waals surface area contributed by atoms with E-state index in [2.05, 4.69) is 0 Å². The third kappa shape index (κ3) is 1.33. The number of hydrogen-bond donors (Lipinski definition) is 0. The molecule has 1 rings (SSSR count). The first kappa shape index (κ1) is 9.52. The summed E-state index contributed by atoms with van der Waals surface area (Å²) in [5.41, 5.74) is -0.652. The molecule has 0 aromatic heterocycles. The van der Waals surface area contributed by atoms with Crippen LogP contribution in [0.4, 0.5) is 0 Å². The van der Waals surface area contributed by atoms with Crippen LogP contribution in [0.1, 0.15) is 27.7 Å². The maximum atomic E-state index is 11.6. The molecule has 1 aliphatic heterocycles. The van der Waals surface area contributed by atoms with E-state index in [-0.39, 0.29) is 18.1 Å². The molecule has 1 aliphatic rings. The van der Waals surface area contributed by atoms with E-state index >= 15 is 0 Å². The van der Waals surface area contributed by atoms with Crippen molar-refractivity contribution in [1.29, 1.82) is 0 Å². The van der Waals surface area contributed by atoms with E-state index in [1.54, 1.807) is 4.90 Å². The van der Waals surface area contributed by atoms with E-state index in [1.165, 1.54) is 0 Å². The summed E-state index contributed by atoms with van der Waals surface area (Å²) in [6, 6.07) is 0.172. The van der Waals surface area contributed by atoms with Crippen molar-refractivity contribution in [1.82, 2.24) is 4.90 Å². The molecular weight excluding hydrogens is 154 g/mol. The molecule has 0 unspecified atom stereocenters. The molecule has 1 heterocycles. The van der Waals surface area contributed by atoms with Crippen molar-refractivity contribution in [2.24, 2.45) is 0 Å². The smallest absolute Gasteiger partial charge is 0.254 e. The number of rotatable bonds is 0. The van der Waals surface area contributed by atoms with E-state index in [0.717, 1.165) is 0 Å². The molecular formula is C9H17NO2. The van der Waals surface area contributed by atoms with E-state index in [0.29, 0.717) is 0 Å². The molecule has 12 heavy (non-hydrogen) atoms. The summed E-state index contributed by atoms with van der Waals surface area (Å²) in [7, 11) is 1.83. The number of likely N-dealkylation sites (N-methyl/N-ethyl adjacent to an activating group) is 1. The summed E-state index contributed by atoms with van der Waals surface area (Å²) >= 11 is 0. The van der Waals surface area contributed by atoms with Gasteiger partial charge in [-0.1, -0.05) is 0 Å². The van der Waals surface area contributed by atoms with Crippen LogP contribution in [0.25, 0.3) is 0 Å². The summed E-state index contributed by atoms with van der Waals surface area (Å²) in [5, 5.41) is 0. The molecule has 0 aromatic carbocycles. The lowest BCUT2D eigenvalue weighted by atomic mass is 10.0. The summed E-state index contributed by atoms with van der Waals surface area (Å²) < 4.78 is 5.58. The minimum atomic E-state index is -0.652. The van der Waals surface area contributed by atoms with Crippen LogP contribution in [-0.2, 0) is 9.53 Å². The van der Waals surface area contributed by atoms with Crippen LogP contribution in [0.2, 0.25) is 0 Å². The molecule has 0 aromatic rings. The molecule has 0 saturated carbocycles. The van der Waals surface area contributed by atoms with Crippen LogP contribution >= 0.6 is 0 Å². The fourth-order valence-electron chi connectivity index (χ4n) is 1.54. The average Bonchev–Trinajstić information content (AvgIpc) is 1.97. The Kier molecular flexibility index (Phi) is 2.17. The minimum Gasteiger partial charge on any atom is -0.361 e. The van der Waals surface area contributed by atoms with Crippen molar-refractivity contribution in [2.45, 2.75) is 45.4 Å². The van der Waals surface area contributed by atoms with Crippen molar-refractivity contribution >= 4 is 5.91 Å². The highest BCUT2D eigenvalue weighted by molar-refractivity contribution is 5.85. The average molecular weight is 171 g/mol. The first-order valence-electron chi connectivity index (χ1n) is 4.31. The van der Waals surface area contributed by atoms with Crippen LogP contribution in [0.5, 0.6) is 0 Å². The van der Waals surface area contributed by atoms with Gasteiger partial charge >= 0.3 is 0 Å². The first-order valence-corrected chi connectivity index (χ1v) is 4.31. The van der Waals surface area contributed by atoms with Gasteiger partial charge < -0.3 is 9.64 Å². The second kappa shape index (κ2) is 2.73. The largest absolute Gasteiger partial charge is 0.361 e. The van der Waals surface area contributed by atoms with Crippen molar-refractivity contribution in [3.8, 4) is 0 Å². The molecule has 1 saturated heterocycles. The van der Waals surface area contributed by atoms with Gasteiger partial charge in [-0.2, -0.15) is 0 Å². The van der Waals surface area contributed by atoms with Gasteiger partial charge in [-0.3, -0.25) is 4.79 Å². The molecule has 0 bridgehead atoms. The van der Waals surface area contributed by atoms with Crippen molar-refractivity contribution < 1.29 is 9.53 Å². The van der Waals surface area contributed by atoms with Gasteiger partial charge in [0, 0.05) is 7.05 Å². The zero-order chi connectivity index (χ0) is 9.52. The third-order valence-corrected chi connectivity index (χ3v) is 2.61. The first-order chi connectivity index (χ1) is 5.36. The van der Waals surface area contributed by atoms with Crippen LogP contribution < -0.4 is 0 Å². The SMILES string of the molecule is C[C@@H]1OC(C)(C)C(=O)N(C)[C@@H]1C. The maximum Gasteiger partial charge on any atom is 0.254 e. The lowest BCUT2D eigenvalue weighted by Crippen LogP contribution is -2.59. The summed E-state index contributed by atoms with van der Waals surface area (Å²) in [6.07, 6.45) is 0.114. The fraction of sp³-hybridized carbons (Fsp3) is 0.889. The Morgan fingerprint density at radius 3 is 2.42 bits per heavy atom. The Bertz CT molecular complexity index is 201. The monoisotopic (exact) mass is 171 g/mol. The van der Waals surface area contributed by atoms with E-state index in [4.69, 9.17) is 4.74 Å². The Hall–Kier alpha value is -0.570. The molecule has 3 heteroatoms. The highest BCUT2D eigenvalue weighted by atomic mass is 16.5. The van der Waals surface area contributed by atoms with E-state index in [1.807, 2.05) is 34.7 Å². The van der Waals surface area contributed by atoms with Gasteiger partial charge in [0.2, 0.25) is 0 Å². The fourth-order valence-corrected chi connectivity index (χ4v) is 1.54. The van der Waals surface area contributed by atoms with Crippen LogP contribution in [0.3, 0.4) is 0 Å². The van der Waals surface area contributed by atoms with Crippen molar-refractivity contribution in [2.75, 3.05) is 7.05 Å². The summed E-state index contributed by atoms with van der Waals surface area (Å²) in [6.45, 7) is 7.62. The lowest BCUT2D eigenvalue weighted by Gasteiger charge is -2.43. The van der Waals surface area contributed by atoms with Gasteiger partial charge in [0.15, 0.2) is 0 Å². The molecule has 0 radical (unpaired) electrons. The number of nitrogens with zero attached hydrogens (tertiary/aromatic N) is 1. The molecule has 70 valence electrons. The number of carbonyl (C=O) groups is 1.